The summed E-state index contributed by atoms with van der Waals surface area (Å²) in [6, 6.07) is 6.55. The quantitative estimate of drug-likeness (QED) is 0.923. The van der Waals surface area contributed by atoms with Crippen molar-refractivity contribution >= 4 is 27.3 Å². The van der Waals surface area contributed by atoms with Crippen LogP contribution in [0.15, 0.2) is 28.9 Å². The lowest BCUT2D eigenvalue weighted by Gasteiger charge is -2.26. The Kier molecular flexibility index (Phi) is 3.86. The average molecular weight is 339 g/mol. The van der Waals surface area contributed by atoms with Crippen molar-refractivity contribution in [2.45, 2.75) is 25.9 Å². The molecule has 1 aliphatic rings. The Morgan fingerprint density at radius 3 is 3.21 bits per heavy atom. The molecule has 1 atom stereocenters. The number of aryl methyl sites for hydroxylation is 1. The van der Waals surface area contributed by atoms with Crippen LogP contribution in [0, 0.1) is 6.92 Å². The highest BCUT2D eigenvalue weighted by atomic mass is 79.9. The fourth-order valence-electron chi connectivity index (χ4n) is 2.29. The summed E-state index contributed by atoms with van der Waals surface area (Å²) in [7, 11) is 0. The Morgan fingerprint density at radius 2 is 2.42 bits per heavy atom. The molecule has 0 saturated heterocycles. The first-order valence-corrected chi connectivity index (χ1v) is 7.90. The molecule has 0 fully saturated rings. The van der Waals surface area contributed by atoms with Gasteiger partial charge in [0.15, 0.2) is 0 Å². The molecule has 3 rings (SSSR count). The largest absolute Gasteiger partial charge is 0.493 e. The fourth-order valence-corrected chi connectivity index (χ4v) is 3.41. The zero-order valence-electron chi connectivity index (χ0n) is 10.6. The van der Waals surface area contributed by atoms with Gasteiger partial charge in [-0.3, -0.25) is 0 Å². The third kappa shape index (κ3) is 2.99. The van der Waals surface area contributed by atoms with Gasteiger partial charge in [0.05, 0.1) is 11.6 Å². The van der Waals surface area contributed by atoms with E-state index in [4.69, 9.17) is 4.74 Å². The Morgan fingerprint density at radius 1 is 1.53 bits per heavy atom. The normalized spacial score (nSPS) is 17.9. The van der Waals surface area contributed by atoms with Crippen LogP contribution in [0.25, 0.3) is 0 Å². The van der Waals surface area contributed by atoms with Gasteiger partial charge in [0.25, 0.3) is 0 Å². The number of benzene rings is 1. The van der Waals surface area contributed by atoms with Gasteiger partial charge in [0.1, 0.15) is 5.75 Å². The molecular formula is C14H15BrN2OS. The van der Waals surface area contributed by atoms with Gasteiger partial charge in [-0.25, -0.2) is 4.98 Å². The van der Waals surface area contributed by atoms with Gasteiger partial charge in [-0.15, -0.1) is 11.3 Å². The molecule has 100 valence electrons. The van der Waals surface area contributed by atoms with Crippen LogP contribution in [0.5, 0.6) is 5.75 Å². The van der Waals surface area contributed by atoms with Gasteiger partial charge in [0, 0.05) is 40.1 Å². The first-order valence-electron chi connectivity index (χ1n) is 6.29. The first kappa shape index (κ1) is 13.1. The number of hydrogen-bond donors (Lipinski definition) is 1. The highest BCUT2D eigenvalue weighted by Crippen LogP contribution is 2.34. The Bertz CT molecular complexity index is 585. The summed E-state index contributed by atoms with van der Waals surface area (Å²) in [5.41, 5.74) is 1.24. The van der Waals surface area contributed by atoms with Crippen molar-refractivity contribution in [2.75, 3.05) is 6.61 Å². The number of rotatable bonds is 3. The van der Waals surface area contributed by atoms with Crippen molar-refractivity contribution in [3.63, 3.8) is 0 Å². The lowest BCUT2D eigenvalue weighted by Crippen LogP contribution is -2.26. The van der Waals surface area contributed by atoms with E-state index in [1.165, 1.54) is 10.4 Å². The van der Waals surface area contributed by atoms with E-state index >= 15 is 0 Å². The summed E-state index contributed by atoms with van der Waals surface area (Å²) in [4.78, 5) is 5.56. The lowest BCUT2D eigenvalue weighted by molar-refractivity contribution is 0.252. The van der Waals surface area contributed by atoms with Crippen molar-refractivity contribution in [1.29, 1.82) is 0 Å². The summed E-state index contributed by atoms with van der Waals surface area (Å²) in [6.07, 6.45) is 2.95. The molecule has 2 aromatic rings. The number of aromatic nitrogens is 1. The molecule has 0 radical (unpaired) electrons. The lowest BCUT2D eigenvalue weighted by atomic mass is 10.0. The molecule has 1 aromatic heterocycles. The van der Waals surface area contributed by atoms with E-state index in [2.05, 4.69) is 32.3 Å². The molecule has 0 aliphatic carbocycles. The molecule has 1 aliphatic heterocycles. The monoisotopic (exact) mass is 338 g/mol. The van der Waals surface area contributed by atoms with Crippen LogP contribution in [-0.4, -0.2) is 11.6 Å². The van der Waals surface area contributed by atoms with Crippen molar-refractivity contribution < 1.29 is 4.74 Å². The highest BCUT2D eigenvalue weighted by Gasteiger charge is 2.21. The molecule has 3 nitrogen and oxygen atoms in total. The average Bonchev–Trinajstić information content (AvgIpc) is 2.82. The molecule has 1 aromatic carbocycles. The SMILES string of the molecule is Cc1ncc(CNC2CCOc3ccc(Br)cc32)s1. The second-order valence-corrected chi connectivity index (χ2v) is 6.83. The Hall–Kier alpha value is -0.910. The van der Waals surface area contributed by atoms with E-state index in [0.29, 0.717) is 6.04 Å². The van der Waals surface area contributed by atoms with E-state index in [-0.39, 0.29) is 0 Å². The van der Waals surface area contributed by atoms with E-state index in [1.54, 1.807) is 11.3 Å². The third-order valence-electron chi connectivity index (χ3n) is 3.20. The standard InChI is InChI=1S/C14H15BrN2OS/c1-9-16-7-11(19-9)8-17-13-4-5-18-14-3-2-10(15)6-12(13)14/h2-3,6-7,13,17H,4-5,8H2,1H3. The number of fused-ring (bicyclic) bond motifs is 1. The third-order valence-corrected chi connectivity index (χ3v) is 4.61. The number of nitrogens with one attached hydrogen (secondary N) is 1. The second-order valence-electron chi connectivity index (χ2n) is 4.60. The Labute approximate surface area is 125 Å². The minimum absolute atomic E-state index is 0.351. The predicted octanol–water partition coefficient (Wildman–Crippen LogP) is 3.83. The van der Waals surface area contributed by atoms with Crippen LogP contribution in [-0.2, 0) is 6.54 Å². The minimum Gasteiger partial charge on any atom is -0.493 e. The molecule has 2 heterocycles. The summed E-state index contributed by atoms with van der Waals surface area (Å²) in [5, 5.41) is 4.72. The van der Waals surface area contributed by atoms with Gasteiger partial charge >= 0.3 is 0 Å². The van der Waals surface area contributed by atoms with Crippen LogP contribution >= 0.6 is 27.3 Å². The maximum absolute atomic E-state index is 5.69. The van der Waals surface area contributed by atoms with Crippen molar-refractivity contribution in [3.05, 3.63) is 44.3 Å². The van der Waals surface area contributed by atoms with Crippen molar-refractivity contribution in [3.8, 4) is 5.75 Å². The van der Waals surface area contributed by atoms with Crippen molar-refractivity contribution in [2.24, 2.45) is 0 Å². The van der Waals surface area contributed by atoms with Crippen molar-refractivity contribution in [1.82, 2.24) is 10.3 Å². The van der Waals surface area contributed by atoms with E-state index in [1.807, 2.05) is 25.3 Å². The summed E-state index contributed by atoms with van der Waals surface area (Å²) >= 11 is 5.27. The predicted molar refractivity (Wildman–Crippen MR) is 80.7 cm³/mol. The van der Waals surface area contributed by atoms with Gasteiger partial charge in [-0.05, 0) is 25.1 Å². The molecule has 0 amide bonds. The summed E-state index contributed by atoms with van der Waals surface area (Å²) in [5.74, 6) is 0.993. The number of hydrogen-bond acceptors (Lipinski definition) is 4. The molecule has 5 heteroatoms. The fraction of sp³-hybridized carbons (Fsp3) is 0.357. The zero-order chi connectivity index (χ0) is 13.2. The minimum atomic E-state index is 0.351. The summed E-state index contributed by atoms with van der Waals surface area (Å²) in [6.45, 7) is 3.67. The number of thiazole rings is 1. The smallest absolute Gasteiger partial charge is 0.124 e. The number of ether oxygens (including phenoxy) is 1. The zero-order valence-corrected chi connectivity index (χ0v) is 13.1. The van der Waals surface area contributed by atoms with Crippen LogP contribution in [0.1, 0.15) is 27.9 Å². The van der Waals surface area contributed by atoms with Gasteiger partial charge in [0.2, 0.25) is 0 Å². The van der Waals surface area contributed by atoms with Crippen LogP contribution in [0.4, 0.5) is 0 Å². The van der Waals surface area contributed by atoms with Crippen LogP contribution in [0.3, 0.4) is 0 Å². The maximum Gasteiger partial charge on any atom is 0.124 e. The maximum atomic E-state index is 5.69. The van der Waals surface area contributed by atoms with E-state index < -0.39 is 0 Å². The Balaban J connectivity index is 1.74. The van der Waals surface area contributed by atoms with E-state index in [9.17, 15) is 0 Å². The number of halogens is 1. The van der Waals surface area contributed by atoms with Gasteiger partial charge < -0.3 is 10.1 Å². The molecule has 0 saturated carbocycles. The van der Waals surface area contributed by atoms with E-state index in [0.717, 1.165) is 34.8 Å². The number of nitrogens with zero attached hydrogens (tertiary/aromatic N) is 1. The molecule has 0 bridgehead atoms. The van der Waals surface area contributed by atoms with Gasteiger partial charge in [-0.1, -0.05) is 15.9 Å². The molecule has 19 heavy (non-hydrogen) atoms. The first-order chi connectivity index (χ1) is 9.22. The topological polar surface area (TPSA) is 34.2 Å². The highest BCUT2D eigenvalue weighted by molar-refractivity contribution is 9.10. The molecule has 0 spiro atoms. The van der Waals surface area contributed by atoms with Crippen LogP contribution < -0.4 is 10.1 Å². The molecule has 1 N–H and O–H groups in total. The second kappa shape index (κ2) is 5.61. The molecule has 1 unspecified atom stereocenters. The summed E-state index contributed by atoms with van der Waals surface area (Å²) < 4.78 is 6.79. The van der Waals surface area contributed by atoms with Crippen LogP contribution in [0.2, 0.25) is 0 Å². The molecular weight excluding hydrogens is 324 g/mol. The van der Waals surface area contributed by atoms with Gasteiger partial charge in [-0.2, -0.15) is 0 Å².